The molecule has 0 unspecified atom stereocenters. The summed E-state index contributed by atoms with van der Waals surface area (Å²) in [4.78, 5) is 13.1. The number of ether oxygens (including phenoxy) is 1. The van der Waals surface area contributed by atoms with Crippen molar-refractivity contribution >= 4 is 32.4 Å². The number of hydrogen-bond acceptors (Lipinski definition) is 8. The van der Waals surface area contributed by atoms with Gasteiger partial charge in [-0.2, -0.15) is 13.2 Å². The van der Waals surface area contributed by atoms with Crippen LogP contribution in [0.5, 0.6) is 11.6 Å². The number of halogens is 4. The van der Waals surface area contributed by atoms with Crippen molar-refractivity contribution in [2.75, 3.05) is 28.9 Å². The summed E-state index contributed by atoms with van der Waals surface area (Å²) in [5, 5.41) is 6.94. The van der Waals surface area contributed by atoms with Gasteiger partial charge in [0, 0.05) is 48.7 Å². The van der Waals surface area contributed by atoms with Gasteiger partial charge in [0.15, 0.2) is 5.75 Å². The van der Waals surface area contributed by atoms with Crippen molar-refractivity contribution in [3.63, 3.8) is 0 Å². The lowest BCUT2D eigenvalue weighted by Crippen LogP contribution is -2.44. The Labute approximate surface area is 227 Å². The standard InChI is InChI=1S/C26H24F4N6O3S/c27-16-12-17(14-31-13-16)34-25-33-11-9-21(35-25)20-6-3-10-32-24(20)39-23-8-7-22(18-4-1-2-5-19(18)23)36-40(37,38)15-26(28,29)30/h1-11,16-17,31,36H,12-15H2,(H,33,34,35)/t16-,17-/m0/s1. The van der Waals surface area contributed by atoms with E-state index in [9.17, 15) is 26.0 Å². The van der Waals surface area contributed by atoms with E-state index in [1.165, 1.54) is 18.3 Å². The largest absolute Gasteiger partial charge is 0.438 e. The van der Waals surface area contributed by atoms with Gasteiger partial charge in [0.25, 0.3) is 0 Å². The van der Waals surface area contributed by atoms with Crippen LogP contribution in [0.15, 0.2) is 67.0 Å². The predicted octanol–water partition coefficient (Wildman–Crippen LogP) is 4.90. The maximum absolute atomic E-state index is 13.8. The molecule has 3 N–H and O–H groups in total. The van der Waals surface area contributed by atoms with Gasteiger partial charge in [-0.1, -0.05) is 24.3 Å². The summed E-state index contributed by atoms with van der Waals surface area (Å²) in [7, 11) is -4.69. The van der Waals surface area contributed by atoms with Crippen LogP contribution in [0.25, 0.3) is 22.0 Å². The minimum atomic E-state index is -4.89. The zero-order valence-electron chi connectivity index (χ0n) is 20.8. The summed E-state index contributed by atoms with van der Waals surface area (Å²) >= 11 is 0. The normalized spacial score (nSPS) is 17.9. The molecule has 0 amide bonds. The van der Waals surface area contributed by atoms with E-state index in [1.54, 1.807) is 48.7 Å². The maximum atomic E-state index is 13.8. The third-order valence-electron chi connectivity index (χ3n) is 6.04. The van der Waals surface area contributed by atoms with E-state index in [-0.39, 0.29) is 17.6 Å². The second-order valence-electron chi connectivity index (χ2n) is 9.19. The number of nitrogens with one attached hydrogen (secondary N) is 3. The number of benzene rings is 2. The van der Waals surface area contributed by atoms with Crippen LogP contribution in [0.1, 0.15) is 6.42 Å². The van der Waals surface area contributed by atoms with Crippen LogP contribution in [0.4, 0.5) is 29.2 Å². The molecule has 1 fully saturated rings. The van der Waals surface area contributed by atoms with Crippen molar-refractivity contribution < 1.29 is 30.7 Å². The van der Waals surface area contributed by atoms with Gasteiger partial charge in [0.05, 0.1) is 16.9 Å². The maximum Gasteiger partial charge on any atom is 0.404 e. The van der Waals surface area contributed by atoms with Crippen molar-refractivity contribution in [3.05, 3.63) is 67.0 Å². The Kier molecular flexibility index (Phi) is 7.72. The first kappa shape index (κ1) is 27.5. The fourth-order valence-electron chi connectivity index (χ4n) is 4.40. The molecule has 210 valence electrons. The second kappa shape index (κ2) is 11.2. The van der Waals surface area contributed by atoms with E-state index in [0.717, 1.165) is 0 Å². The molecule has 2 aromatic heterocycles. The van der Waals surface area contributed by atoms with Gasteiger partial charge in [-0.3, -0.25) is 4.72 Å². The lowest BCUT2D eigenvalue weighted by Gasteiger charge is -2.26. The molecule has 0 spiro atoms. The minimum absolute atomic E-state index is 0.0207. The Balaban J connectivity index is 1.43. The van der Waals surface area contributed by atoms with Crippen LogP contribution in [-0.2, 0) is 10.0 Å². The first-order valence-corrected chi connectivity index (χ1v) is 13.9. The summed E-state index contributed by atoms with van der Waals surface area (Å²) in [5.41, 5.74) is 0.992. The van der Waals surface area contributed by atoms with Crippen LogP contribution < -0.4 is 20.1 Å². The summed E-state index contributed by atoms with van der Waals surface area (Å²) < 4.78 is 84.3. The third kappa shape index (κ3) is 6.74. The predicted molar refractivity (Wildman–Crippen MR) is 143 cm³/mol. The average molecular weight is 577 g/mol. The molecule has 4 aromatic rings. The second-order valence-corrected chi connectivity index (χ2v) is 10.9. The Bertz CT molecular complexity index is 1620. The number of fused-ring (bicyclic) bond motifs is 1. The van der Waals surface area contributed by atoms with Crippen LogP contribution in [0.2, 0.25) is 0 Å². The first-order chi connectivity index (χ1) is 19.1. The molecule has 3 heterocycles. The Morgan fingerprint density at radius 3 is 2.55 bits per heavy atom. The molecule has 0 saturated carbocycles. The van der Waals surface area contributed by atoms with E-state index < -0.39 is 28.1 Å². The van der Waals surface area contributed by atoms with E-state index in [0.29, 0.717) is 53.2 Å². The van der Waals surface area contributed by atoms with Crippen LogP contribution >= 0.6 is 0 Å². The molecule has 2 atom stereocenters. The SMILES string of the molecule is O=S(=O)(CC(F)(F)F)Nc1ccc(Oc2ncccc2-c2ccnc(N[C@@H]3CNC[C@@H](F)C3)n2)c2ccccc12. The quantitative estimate of drug-likeness (QED) is 0.254. The molecule has 14 heteroatoms. The highest BCUT2D eigenvalue weighted by molar-refractivity contribution is 7.92. The Hall–Kier alpha value is -4.04. The molecular weight excluding hydrogens is 552 g/mol. The van der Waals surface area contributed by atoms with Gasteiger partial charge in [-0.25, -0.2) is 27.8 Å². The molecule has 9 nitrogen and oxygen atoms in total. The minimum Gasteiger partial charge on any atom is -0.438 e. The zero-order chi connectivity index (χ0) is 28.3. The van der Waals surface area contributed by atoms with Crippen LogP contribution in [-0.4, -0.2) is 60.6 Å². The summed E-state index contributed by atoms with van der Waals surface area (Å²) in [6.45, 7) is 0.884. The van der Waals surface area contributed by atoms with Gasteiger partial charge < -0.3 is 15.4 Å². The van der Waals surface area contributed by atoms with Crippen molar-refractivity contribution in [1.82, 2.24) is 20.3 Å². The zero-order valence-corrected chi connectivity index (χ0v) is 21.6. The molecule has 5 rings (SSSR count). The summed E-state index contributed by atoms with van der Waals surface area (Å²) in [6.07, 6.45) is -2.44. The Morgan fingerprint density at radius 1 is 0.975 bits per heavy atom. The van der Waals surface area contributed by atoms with Crippen molar-refractivity contribution in [1.29, 1.82) is 0 Å². The van der Waals surface area contributed by atoms with E-state index >= 15 is 0 Å². The monoisotopic (exact) mass is 576 g/mol. The molecular formula is C26H24F4N6O3S. The lowest BCUT2D eigenvalue weighted by atomic mass is 10.1. The topological polar surface area (TPSA) is 118 Å². The van der Waals surface area contributed by atoms with Gasteiger partial charge in [0.1, 0.15) is 11.9 Å². The number of piperidine rings is 1. The van der Waals surface area contributed by atoms with Crippen molar-refractivity contribution in [2.45, 2.75) is 24.8 Å². The smallest absolute Gasteiger partial charge is 0.404 e. The van der Waals surface area contributed by atoms with E-state index in [4.69, 9.17) is 4.74 Å². The van der Waals surface area contributed by atoms with Gasteiger partial charge in [-0.05, 0) is 30.3 Å². The molecule has 0 aliphatic carbocycles. The number of anilines is 2. The lowest BCUT2D eigenvalue weighted by molar-refractivity contribution is -0.106. The van der Waals surface area contributed by atoms with Gasteiger partial charge in [0.2, 0.25) is 21.9 Å². The third-order valence-corrected chi connectivity index (χ3v) is 7.28. The number of alkyl halides is 4. The number of rotatable bonds is 8. The number of sulfonamides is 1. The highest BCUT2D eigenvalue weighted by atomic mass is 32.2. The van der Waals surface area contributed by atoms with E-state index in [2.05, 4.69) is 25.6 Å². The fraction of sp³-hybridized carbons (Fsp3) is 0.269. The Morgan fingerprint density at radius 2 is 1.77 bits per heavy atom. The van der Waals surface area contributed by atoms with Crippen LogP contribution in [0, 0.1) is 0 Å². The van der Waals surface area contributed by atoms with Gasteiger partial charge in [-0.15, -0.1) is 0 Å². The fourth-order valence-corrected chi connectivity index (χ4v) is 5.42. The number of aromatic nitrogens is 3. The van der Waals surface area contributed by atoms with Crippen LogP contribution in [0.3, 0.4) is 0 Å². The molecule has 1 aliphatic rings. The highest BCUT2D eigenvalue weighted by Gasteiger charge is 2.35. The summed E-state index contributed by atoms with van der Waals surface area (Å²) in [5.74, 6) is -1.21. The molecule has 40 heavy (non-hydrogen) atoms. The molecule has 0 bridgehead atoms. The molecule has 1 saturated heterocycles. The van der Waals surface area contributed by atoms with E-state index in [1.807, 2.05) is 4.72 Å². The number of pyridine rings is 1. The van der Waals surface area contributed by atoms with Crippen molar-refractivity contribution in [2.24, 2.45) is 0 Å². The molecule has 0 radical (unpaired) electrons. The number of hydrogen-bond donors (Lipinski definition) is 3. The average Bonchev–Trinajstić information content (AvgIpc) is 2.89. The molecule has 1 aliphatic heterocycles. The first-order valence-electron chi connectivity index (χ1n) is 12.2. The molecule has 2 aromatic carbocycles. The summed E-state index contributed by atoms with van der Waals surface area (Å²) in [6, 6.07) is 14.2. The number of nitrogens with zero attached hydrogens (tertiary/aromatic N) is 3. The van der Waals surface area contributed by atoms with Crippen molar-refractivity contribution in [3.8, 4) is 22.9 Å². The van der Waals surface area contributed by atoms with Gasteiger partial charge >= 0.3 is 6.18 Å². The highest BCUT2D eigenvalue weighted by Crippen LogP contribution is 2.37.